The van der Waals surface area contributed by atoms with Gasteiger partial charge in [-0.25, -0.2) is 0 Å². The van der Waals surface area contributed by atoms with Gasteiger partial charge >= 0.3 is 0 Å². The second-order valence-electron chi connectivity index (χ2n) is 4.63. The van der Waals surface area contributed by atoms with Crippen LogP contribution in [0, 0.1) is 0 Å². The maximum atomic E-state index is 11.2. The topological polar surface area (TPSA) is 32.3 Å². The molecule has 1 unspecified atom stereocenters. The van der Waals surface area contributed by atoms with Gasteiger partial charge in [0.1, 0.15) is 0 Å². The van der Waals surface area contributed by atoms with Gasteiger partial charge in [0.2, 0.25) is 0 Å². The molecule has 15 heavy (non-hydrogen) atoms. The van der Waals surface area contributed by atoms with Crippen molar-refractivity contribution in [3.05, 3.63) is 0 Å². The molecule has 1 atom stereocenters. The molecule has 0 amide bonds. The fourth-order valence-electron chi connectivity index (χ4n) is 1.86. The molecule has 4 heteroatoms. The summed E-state index contributed by atoms with van der Waals surface area (Å²) in [4.78, 5) is 2.46. The van der Waals surface area contributed by atoms with Gasteiger partial charge in [-0.1, -0.05) is 13.8 Å². The molecule has 0 saturated carbocycles. The molecule has 0 radical (unpaired) electrons. The molecular weight excluding hydrogens is 208 g/mol. The minimum Gasteiger partial charge on any atom is -0.314 e. The van der Waals surface area contributed by atoms with Crippen LogP contribution in [0.1, 0.15) is 27.2 Å². The van der Waals surface area contributed by atoms with Gasteiger partial charge in [0, 0.05) is 47.5 Å². The highest BCUT2D eigenvalue weighted by molar-refractivity contribution is 7.85. The average molecular weight is 232 g/mol. The zero-order chi connectivity index (χ0) is 11.3. The van der Waals surface area contributed by atoms with Crippen molar-refractivity contribution >= 4 is 10.8 Å². The first-order chi connectivity index (χ1) is 7.09. The van der Waals surface area contributed by atoms with Crippen LogP contribution in [0.15, 0.2) is 0 Å². The Morgan fingerprint density at radius 2 is 1.87 bits per heavy atom. The van der Waals surface area contributed by atoms with Gasteiger partial charge < -0.3 is 5.32 Å². The molecule has 0 bridgehead atoms. The van der Waals surface area contributed by atoms with Crippen molar-refractivity contribution in [1.29, 1.82) is 0 Å². The lowest BCUT2D eigenvalue weighted by atomic mass is 10.2. The molecule has 0 aliphatic carbocycles. The van der Waals surface area contributed by atoms with E-state index in [-0.39, 0.29) is 0 Å². The summed E-state index contributed by atoms with van der Waals surface area (Å²) in [6, 6.07) is 1.19. The molecule has 0 spiro atoms. The summed E-state index contributed by atoms with van der Waals surface area (Å²) in [5, 5.41) is 3.44. The summed E-state index contributed by atoms with van der Waals surface area (Å²) in [6.07, 6.45) is 1.19. The SMILES string of the molecule is CC(C)NCCC(C)N1CCS(=O)CC1. The van der Waals surface area contributed by atoms with E-state index in [1.165, 1.54) is 6.42 Å². The number of hydrogen-bond donors (Lipinski definition) is 1. The van der Waals surface area contributed by atoms with Gasteiger partial charge in [0.25, 0.3) is 0 Å². The van der Waals surface area contributed by atoms with Crippen molar-refractivity contribution in [2.45, 2.75) is 39.3 Å². The summed E-state index contributed by atoms with van der Waals surface area (Å²) in [5.74, 6) is 1.73. The van der Waals surface area contributed by atoms with E-state index in [0.29, 0.717) is 12.1 Å². The highest BCUT2D eigenvalue weighted by Crippen LogP contribution is 2.07. The van der Waals surface area contributed by atoms with Crippen LogP contribution in [0.25, 0.3) is 0 Å². The first-order valence-corrected chi connectivity index (χ1v) is 7.41. The van der Waals surface area contributed by atoms with E-state index < -0.39 is 10.8 Å². The van der Waals surface area contributed by atoms with E-state index in [1.807, 2.05) is 0 Å². The minimum atomic E-state index is -0.548. The summed E-state index contributed by atoms with van der Waals surface area (Å²) < 4.78 is 11.2. The Hall–Kier alpha value is 0.0700. The van der Waals surface area contributed by atoms with E-state index in [4.69, 9.17) is 0 Å². The highest BCUT2D eigenvalue weighted by atomic mass is 32.2. The van der Waals surface area contributed by atoms with Gasteiger partial charge in [-0.05, 0) is 19.9 Å². The van der Waals surface area contributed by atoms with E-state index >= 15 is 0 Å². The smallest absolute Gasteiger partial charge is 0.0363 e. The molecule has 0 aromatic carbocycles. The summed E-state index contributed by atoms with van der Waals surface area (Å²) >= 11 is 0. The second kappa shape index (κ2) is 6.61. The Balaban J connectivity index is 2.16. The van der Waals surface area contributed by atoms with E-state index in [1.54, 1.807) is 0 Å². The van der Waals surface area contributed by atoms with Gasteiger partial charge in [-0.15, -0.1) is 0 Å². The van der Waals surface area contributed by atoms with Gasteiger partial charge in [-0.2, -0.15) is 0 Å². The molecule has 1 fully saturated rings. The molecule has 0 aromatic heterocycles. The van der Waals surface area contributed by atoms with Crippen LogP contribution in [-0.4, -0.2) is 52.3 Å². The average Bonchev–Trinajstić information content (AvgIpc) is 2.18. The third-order valence-electron chi connectivity index (χ3n) is 2.95. The minimum absolute atomic E-state index is 0.548. The molecule has 90 valence electrons. The quantitative estimate of drug-likeness (QED) is 0.762. The maximum Gasteiger partial charge on any atom is 0.0363 e. The Kier molecular flexibility index (Phi) is 5.79. The number of hydrogen-bond acceptors (Lipinski definition) is 3. The monoisotopic (exact) mass is 232 g/mol. The maximum absolute atomic E-state index is 11.2. The Labute approximate surface area is 96.1 Å². The van der Waals surface area contributed by atoms with Crippen molar-refractivity contribution in [1.82, 2.24) is 10.2 Å². The van der Waals surface area contributed by atoms with Crippen LogP contribution in [0.5, 0.6) is 0 Å². The normalized spacial score (nSPS) is 22.1. The van der Waals surface area contributed by atoms with E-state index in [9.17, 15) is 4.21 Å². The Morgan fingerprint density at radius 1 is 1.27 bits per heavy atom. The lowest BCUT2D eigenvalue weighted by Gasteiger charge is -2.32. The fourth-order valence-corrected chi connectivity index (χ4v) is 2.94. The summed E-state index contributed by atoms with van der Waals surface area (Å²) in [6.45, 7) is 9.73. The molecule has 1 rings (SSSR count). The molecule has 0 aromatic rings. The third-order valence-corrected chi connectivity index (χ3v) is 4.23. The zero-order valence-corrected chi connectivity index (χ0v) is 11.0. The lowest BCUT2D eigenvalue weighted by Crippen LogP contribution is -2.44. The third kappa shape index (κ3) is 5.09. The molecular formula is C11H24N2OS. The van der Waals surface area contributed by atoms with Gasteiger partial charge in [0.15, 0.2) is 0 Å². The Morgan fingerprint density at radius 3 is 2.40 bits per heavy atom. The van der Waals surface area contributed by atoms with Crippen LogP contribution in [-0.2, 0) is 10.8 Å². The van der Waals surface area contributed by atoms with Crippen LogP contribution in [0.3, 0.4) is 0 Å². The molecule has 1 saturated heterocycles. The predicted octanol–water partition coefficient (Wildman–Crippen LogP) is 0.827. The zero-order valence-electron chi connectivity index (χ0n) is 10.2. The van der Waals surface area contributed by atoms with Crippen LogP contribution in [0.4, 0.5) is 0 Å². The van der Waals surface area contributed by atoms with Crippen molar-refractivity contribution in [2.24, 2.45) is 0 Å². The largest absolute Gasteiger partial charge is 0.314 e. The summed E-state index contributed by atoms with van der Waals surface area (Å²) in [5.41, 5.74) is 0. The van der Waals surface area contributed by atoms with Gasteiger partial charge in [0.05, 0.1) is 0 Å². The first-order valence-electron chi connectivity index (χ1n) is 5.92. The van der Waals surface area contributed by atoms with E-state index in [0.717, 1.165) is 31.1 Å². The lowest BCUT2D eigenvalue weighted by molar-refractivity contribution is 0.216. The second-order valence-corrected chi connectivity index (χ2v) is 6.33. The van der Waals surface area contributed by atoms with Crippen LogP contribution < -0.4 is 5.32 Å². The number of nitrogens with zero attached hydrogens (tertiary/aromatic N) is 1. The molecule has 1 aliphatic heterocycles. The number of nitrogens with one attached hydrogen (secondary N) is 1. The Bertz CT molecular complexity index is 199. The van der Waals surface area contributed by atoms with Crippen molar-refractivity contribution in [3.63, 3.8) is 0 Å². The standard InChI is InChI=1S/C11H24N2OS/c1-10(2)12-5-4-11(3)13-6-8-15(14)9-7-13/h10-12H,4-9H2,1-3H3. The predicted molar refractivity (Wildman–Crippen MR) is 66.7 cm³/mol. The fraction of sp³-hybridized carbons (Fsp3) is 1.00. The molecule has 3 nitrogen and oxygen atoms in total. The summed E-state index contributed by atoms with van der Waals surface area (Å²) in [7, 11) is -0.548. The van der Waals surface area contributed by atoms with Crippen molar-refractivity contribution < 1.29 is 4.21 Å². The first kappa shape index (κ1) is 13.1. The van der Waals surface area contributed by atoms with Crippen LogP contribution in [0.2, 0.25) is 0 Å². The molecule has 1 N–H and O–H groups in total. The van der Waals surface area contributed by atoms with Gasteiger partial charge in [-0.3, -0.25) is 9.11 Å². The van der Waals surface area contributed by atoms with E-state index in [2.05, 4.69) is 31.0 Å². The van der Waals surface area contributed by atoms with Crippen molar-refractivity contribution in [3.8, 4) is 0 Å². The van der Waals surface area contributed by atoms with Crippen molar-refractivity contribution in [2.75, 3.05) is 31.1 Å². The molecule has 1 aliphatic rings. The number of rotatable bonds is 5. The molecule has 1 heterocycles. The van der Waals surface area contributed by atoms with Crippen LogP contribution >= 0.6 is 0 Å². The highest BCUT2D eigenvalue weighted by Gasteiger charge is 2.19.